The number of carbonyl (C=O) groups excluding carboxylic acids is 1. The number of methoxy groups -OCH3 is 3. The van der Waals surface area contributed by atoms with Crippen LogP contribution in [0.4, 0.5) is 0 Å². The van der Waals surface area contributed by atoms with Crippen molar-refractivity contribution in [2.24, 2.45) is 0 Å². The summed E-state index contributed by atoms with van der Waals surface area (Å²) < 4.78 is 31.3. The van der Waals surface area contributed by atoms with Crippen LogP contribution in [0.2, 0.25) is 0 Å². The summed E-state index contributed by atoms with van der Waals surface area (Å²) in [6.07, 6.45) is 3.20. The lowest BCUT2D eigenvalue weighted by Gasteiger charge is -2.37. The highest BCUT2D eigenvalue weighted by atomic mass is 16.5. The van der Waals surface area contributed by atoms with E-state index in [0.29, 0.717) is 52.2 Å². The zero-order chi connectivity index (χ0) is 33.5. The molecule has 0 aliphatic carbocycles. The van der Waals surface area contributed by atoms with Gasteiger partial charge in [-0.2, -0.15) is 0 Å². The zero-order valence-corrected chi connectivity index (χ0v) is 28.5. The second-order valence-electron chi connectivity index (χ2n) is 12.9. The fraction of sp³-hybridized carbons (Fsp3) is 0.359. The molecule has 1 N–H and O–H groups in total. The van der Waals surface area contributed by atoms with Gasteiger partial charge in [-0.3, -0.25) is 14.6 Å². The van der Waals surface area contributed by atoms with Crippen molar-refractivity contribution in [3.63, 3.8) is 0 Å². The highest BCUT2D eigenvalue weighted by Crippen LogP contribution is 2.51. The number of nitrogens with zero attached hydrogens (tertiary/aromatic N) is 2. The van der Waals surface area contributed by atoms with E-state index in [4.69, 9.17) is 23.7 Å². The minimum atomic E-state index is -0.189. The first kappa shape index (κ1) is 31.8. The molecular weight excluding hydrogens is 606 g/mol. The number of hydrogen-bond acceptors (Lipinski definition) is 8. The second kappa shape index (κ2) is 13.1. The van der Waals surface area contributed by atoms with Crippen LogP contribution in [0.25, 0.3) is 0 Å². The fourth-order valence-electron chi connectivity index (χ4n) is 7.45. The largest absolute Gasteiger partial charge is 0.493 e. The van der Waals surface area contributed by atoms with Gasteiger partial charge in [0.1, 0.15) is 11.5 Å². The predicted molar refractivity (Wildman–Crippen MR) is 185 cm³/mol. The van der Waals surface area contributed by atoms with Gasteiger partial charge in [0.2, 0.25) is 5.75 Å². The van der Waals surface area contributed by atoms with Crippen LogP contribution < -0.4 is 29.0 Å². The first-order valence-corrected chi connectivity index (χ1v) is 16.5. The number of fused-ring (bicyclic) bond motifs is 2. The first-order chi connectivity index (χ1) is 23.3. The Morgan fingerprint density at radius 1 is 0.750 bits per heavy atom. The number of rotatable bonds is 4. The number of benzene rings is 4. The quantitative estimate of drug-likeness (QED) is 0.268. The Hall–Kier alpha value is -4.73. The van der Waals surface area contributed by atoms with Gasteiger partial charge in [0, 0.05) is 37.8 Å². The van der Waals surface area contributed by atoms with Gasteiger partial charge >= 0.3 is 0 Å². The molecule has 4 aromatic carbocycles. The van der Waals surface area contributed by atoms with Crippen LogP contribution in [-0.4, -0.2) is 71.3 Å². The number of hydrogen-bond donors (Lipinski definition) is 1. The third-order valence-corrected chi connectivity index (χ3v) is 10.1. The molecule has 4 aromatic rings. The maximum atomic E-state index is 12.9. The van der Waals surface area contributed by atoms with Gasteiger partial charge in [-0.1, -0.05) is 18.2 Å². The van der Waals surface area contributed by atoms with E-state index in [1.165, 1.54) is 16.7 Å². The van der Waals surface area contributed by atoms with Gasteiger partial charge in [-0.15, -0.1) is 0 Å². The molecule has 0 fully saturated rings. The molecule has 4 aliphatic rings. The normalized spacial score (nSPS) is 18.8. The lowest BCUT2D eigenvalue weighted by Crippen LogP contribution is -2.34. The predicted octanol–water partition coefficient (Wildman–Crippen LogP) is 6.51. The minimum Gasteiger partial charge on any atom is -0.493 e. The molecule has 6 bridgehead atoms. The van der Waals surface area contributed by atoms with Crippen molar-refractivity contribution in [1.82, 2.24) is 15.1 Å². The maximum Gasteiger partial charge on any atom is 0.254 e. The fourth-order valence-corrected chi connectivity index (χ4v) is 7.45. The van der Waals surface area contributed by atoms with Gasteiger partial charge in [0.15, 0.2) is 23.0 Å². The van der Waals surface area contributed by atoms with Crippen molar-refractivity contribution in [3.8, 4) is 40.2 Å². The zero-order valence-electron chi connectivity index (χ0n) is 28.5. The number of nitrogens with one attached hydrogen (secondary N) is 1. The van der Waals surface area contributed by atoms with Crippen LogP contribution in [0.3, 0.4) is 0 Å². The lowest BCUT2D eigenvalue weighted by atomic mass is 9.87. The third kappa shape index (κ3) is 5.71. The Bertz CT molecular complexity index is 1860. The average molecular weight is 650 g/mol. The van der Waals surface area contributed by atoms with Crippen LogP contribution in [0.5, 0.6) is 40.2 Å². The average Bonchev–Trinajstić information content (AvgIpc) is 3.10. The minimum absolute atomic E-state index is 0.00764. The molecule has 0 spiro atoms. The van der Waals surface area contributed by atoms with Crippen molar-refractivity contribution in [3.05, 3.63) is 99.6 Å². The van der Waals surface area contributed by atoms with Crippen molar-refractivity contribution in [1.29, 1.82) is 0 Å². The molecule has 2 atom stereocenters. The molecular formula is C39H43N3O6. The molecule has 250 valence electrons. The monoisotopic (exact) mass is 649 g/mol. The molecule has 0 radical (unpaired) electrons. The molecule has 48 heavy (non-hydrogen) atoms. The van der Waals surface area contributed by atoms with Gasteiger partial charge in [-0.25, -0.2) is 0 Å². The van der Waals surface area contributed by atoms with Crippen molar-refractivity contribution >= 4 is 5.91 Å². The summed E-state index contributed by atoms with van der Waals surface area (Å²) in [5.41, 5.74) is 7.37. The molecule has 1 amide bonds. The smallest absolute Gasteiger partial charge is 0.254 e. The second-order valence-corrected chi connectivity index (χ2v) is 12.9. The molecule has 4 heterocycles. The molecule has 9 nitrogen and oxygen atoms in total. The van der Waals surface area contributed by atoms with E-state index in [9.17, 15) is 4.79 Å². The van der Waals surface area contributed by atoms with Gasteiger partial charge in [0.25, 0.3) is 5.91 Å². The van der Waals surface area contributed by atoms with Crippen molar-refractivity contribution in [2.45, 2.75) is 37.8 Å². The Morgan fingerprint density at radius 3 is 2.12 bits per heavy atom. The summed E-state index contributed by atoms with van der Waals surface area (Å²) in [4.78, 5) is 17.6. The molecule has 0 saturated carbocycles. The number of likely N-dealkylation sites (N-methyl/N-ethyl adjacent to an activating group) is 2. The van der Waals surface area contributed by atoms with E-state index in [1.54, 1.807) is 28.4 Å². The maximum absolute atomic E-state index is 12.9. The van der Waals surface area contributed by atoms with Gasteiger partial charge in [0.05, 0.1) is 26.9 Å². The van der Waals surface area contributed by atoms with E-state index in [-0.39, 0.29) is 18.0 Å². The Balaban J connectivity index is 1.46. The van der Waals surface area contributed by atoms with Gasteiger partial charge in [-0.05, 0) is 110 Å². The molecule has 9 heteroatoms. The van der Waals surface area contributed by atoms with Gasteiger partial charge < -0.3 is 29.0 Å². The summed E-state index contributed by atoms with van der Waals surface area (Å²) in [7, 11) is 11.0. The molecule has 0 aromatic heterocycles. The number of ether oxygens (including phenoxy) is 5. The summed E-state index contributed by atoms with van der Waals surface area (Å²) in [5.74, 6) is 4.17. The van der Waals surface area contributed by atoms with E-state index < -0.39 is 0 Å². The van der Waals surface area contributed by atoms with E-state index in [0.717, 1.165) is 49.0 Å². The van der Waals surface area contributed by atoms with Crippen LogP contribution >= 0.6 is 0 Å². The number of carbonyl (C=O) groups is 1. The third-order valence-electron chi connectivity index (χ3n) is 10.1. The van der Waals surface area contributed by atoms with Crippen LogP contribution in [0.15, 0.2) is 60.7 Å². The highest BCUT2D eigenvalue weighted by Gasteiger charge is 2.34. The molecule has 8 rings (SSSR count). The van der Waals surface area contributed by atoms with Crippen molar-refractivity contribution in [2.75, 3.05) is 55.6 Å². The summed E-state index contributed by atoms with van der Waals surface area (Å²) in [6.45, 7) is 1.79. The van der Waals surface area contributed by atoms with Crippen LogP contribution in [0.1, 0.15) is 55.8 Å². The lowest BCUT2D eigenvalue weighted by molar-refractivity contribution is 0.0960. The van der Waals surface area contributed by atoms with E-state index in [2.05, 4.69) is 59.5 Å². The Kier molecular flexibility index (Phi) is 8.66. The SMILES string of the molecule is CNC(=O)c1ccc2cc1Oc1ccc(cc1)C[C@H]1c3c(cc(OC)c(OC)c3Oc3cc4c(cc3OC)CCN(C)[C@@H]4C2)CCN1C. The first-order valence-electron chi connectivity index (χ1n) is 16.5. The summed E-state index contributed by atoms with van der Waals surface area (Å²) in [5, 5.41) is 2.76. The Morgan fingerprint density at radius 2 is 1.42 bits per heavy atom. The standard InChI is InChI=1S/C39H43N3O6/c1-40-39(43)28-12-9-24-18-30-29-22-34(33(44-4)20-25(29)13-15-41(30)2)48-38-36-26(21-35(45-5)37(38)46-6)14-16-42(3)31(36)17-23-7-10-27(11-8-23)47-32(28)19-24/h7-12,19-22,30-31H,13-18H2,1-6H3,(H,40,43)/t30-,31+/m1/s1. The summed E-state index contributed by atoms with van der Waals surface area (Å²) in [6, 6.07) is 20.4. The highest BCUT2D eigenvalue weighted by molar-refractivity contribution is 5.97. The topological polar surface area (TPSA) is 81.7 Å². The van der Waals surface area contributed by atoms with E-state index >= 15 is 0 Å². The number of amides is 1. The van der Waals surface area contributed by atoms with Crippen LogP contribution in [-0.2, 0) is 25.7 Å². The Labute approximate surface area is 282 Å². The van der Waals surface area contributed by atoms with Crippen LogP contribution in [0, 0.1) is 0 Å². The molecule has 0 unspecified atom stereocenters. The molecule has 4 aliphatic heterocycles. The van der Waals surface area contributed by atoms with E-state index in [1.807, 2.05) is 30.3 Å². The summed E-state index contributed by atoms with van der Waals surface area (Å²) >= 11 is 0. The molecule has 0 saturated heterocycles. The van der Waals surface area contributed by atoms with Crippen molar-refractivity contribution < 1.29 is 28.5 Å².